The molecule has 1 aromatic heterocycles. The summed E-state index contributed by atoms with van der Waals surface area (Å²) in [5.74, 6) is 0.190. The lowest BCUT2D eigenvalue weighted by molar-refractivity contribution is -0.141. The second kappa shape index (κ2) is 4.09. The number of halogens is 3. The van der Waals surface area contributed by atoms with Gasteiger partial charge in [-0.05, 0) is 24.0 Å². The van der Waals surface area contributed by atoms with Crippen LogP contribution in [0, 0.1) is 5.92 Å². The lowest BCUT2D eigenvalue weighted by atomic mass is 9.99. The second-order valence-electron chi connectivity index (χ2n) is 4.62. The van der Waals surface area contributed by atoms with Crippen LogP contribution >= 0.6 is 0 Å². The van der Waals surface area contributed by atoms with Crippen LogP contribution in [-0.4, -0.2) is 4.98 Å². The summed E-state index contributed by atoms with van der Waals surface area (Å²) < 4.78 is 38.7. The first-order chi connectivity index (χ1) is 7.89. The van der Waals surface area contributed by atoms with Crippen LogP contribution in [0.2, 0.25) is 0 Å². The van der Waals surface area contributed by atoms with E-state index in [4.69, 9.17) is 0 Å². The van der Waals surface area contributed by atoms with E-state index in [9.17, 15) is 13.2 Å². The van der Waals surface area contributed by atoms with E-state index < -0.39 is 11.9 Å². The molecule has 1 nitrogen and oxygen atoms in total. The highest BCUT2D eigenvalue weighted by atomic mass is 19.4. The molecule has 17 heavy (non-hydrogen) atoms. The highest BCUT2D eigenvalue weighted by Crippen LogP contribution is 2.36. The van der Waals surface area contributed by atoms with Gasteiger partial charge >= 0.3 is 6.18 Å². The molecule has 0 aliphatic rings. The van der Waals surface area contributed by atoms with E-state index in [0.29, 0.717) is 22.9 Å². The molecule has 0 saturated heterocycles. The van der Waals surface area contributed by atoms with Gasteiger partial charge in [-0.1, -0.05) is 32.0 Å². The smallest absolute Gasteiger partial charge is 0.351 e. The summed E-state index contributed by atoms with van der Waals surface area (Å²) >= 11 is 0. The maximum absolute atomic E-state index is 12.9. The van der Waals surface area contributed by atoms with Crippen LogP contribution in [0.3, 0.4) is 0 Å². The van der Waals surface area contributed by atoms with Crippen LogP contribution in [0.4, 0.5) is 13.2 Å². The zero-order chi connectivity index (χ0) is 12.6. The molecule has 0 atom stereocenters. The van der Waals surface area contributed by atoms with E-state index in [1.54, 1.807) is 24.3 Å². The van der Waals surface area contributed by atoms with Crippen molar-refractivity contribution >= 4 is 10.9 Å². The zero-order valence-electron chi connectivity index (χ0n) is 9.73. The number of benzene rings is 1. The Balaban J connectivity index is 2.65. The van der Waals surface area contributed by atoms with E-state index >= 15 is 0 Å². The van der Waals surface area contributed by atoms with Crippen molar-refractivity contribution in [1.29, 1.82) is 0 Å². The van der Waals surface area contributed by atoms with Crippen LogP contribution in [-0.2, 0) is 12.6 Å². The molecule has 0 aliphatic carbocycles. The van der Waals surface area contributed by atoms with Gasteiger partial charge in [-0.25, -0.2) is 0 Å². The first kappa shape index (κ1) is 12.0. The highest BCUT2D eigenvalue weighted by Gasteiger charge is 2.36. The summed E-state index contributed by atoms with van der Waals surface area (Å²) in [6.45, 7) is 3.84. The minimum absolute atomic E-state index is 0.190. The molecule has 1 aromatic carbocycles. The number of fused-ring (bicyclic) bond motifs is 1. The molecule has 1 heterocycles. The molecule has 0 aliphatic heterocycles. The van der Waals surface area contributed by atoms with Gasteiger partial charge in [0.1, 0.15) is 5.69 Å². The van der Waals surface area contributed by atoms with Gasteiger partial charge in [0.15, 0.2) is 0 Å². The van der Waals surface area contributed by atoms with E-state index in [2.05, 4.69) is 4.98 Å². The third kappa shape index (κ3) is 2.30. The number of H-pyrrole nitrogens is 1. The Labute approximate surface area is 97.6 Å². The Kier molecular flexibility index (Phi) is 2.89. The maximum Gasteiger partial charge on any atom is 0.431 e. The standard InChI is InChI=1S/C13H14F3N/c1-8(2)7-10-9-5-3-4-6-11(9)17-12(10)13(14,15)16/h3-6,8,17H,7H2,1-2H3. The Morgan fingerprint density at radius 3 is 2.41 bits per heavy atom. The SMILES string of the molecule is CC(C)Cc1c(C(F)(F)F)[nH]c2ccccc12. The number of hydrogen-bond donors (Lipinski definition) is 1. The van der Waals surface area contributed by atoms with Crippen molar-refractivity contribution in [1.82, 2.24) is 4.98 Å². The molecule has 0 unspecified atom stereocenters. The topological polar surface area (TPSA) is 15.8 Å². The molecule has 1 N–H and O–H groups in total. The van der Waals surface area contributed by atoms with Crippen molar-refractivity contribution in [2.75, 3.05) is 0 Å². The summed E-state index contributed by atoms with van der Waals surface area (Å²) in [4.78, 5) is 2.48. The third-order valence-electron chi connectivity index (χ3n) is 2.71. The summed E-state index contributed by atoms with van der Waals surface area (Å²) in [6, 6.07) is 6.91. The Morgan fingerprint density at radius 1 is 1.18 bits per heavy atom. The fourth-order valence-electron chi connectivity index (χ4n) is 2.06. The summed E-state index contributed by atoms with van der Waals surface area (Å²) in [5, 5.41) is 0.675. The van der Waals surface area contributed by atoms with E-state index in [-0.39, 0.29) is 5.92 Å². The zero-order valence-corrected chi connectivity index (χ0v) is 9.73. The van der Waals surface area contributed by atoms with Gasteiger partial charge in [0.2, 0.25) is 0 Å². The number of alkyl halides is 3. The average molecular weight is 241 g/mol. The number of aromatic nitrogens is 1. The molecule has 0 fully saturated rings. The molecule has 92 valence electrons. The monoisotopic (exact) mass is 241 g/mol. The quantitative estimate of drug-likeness (QED) is 0.802. The van der Waals surface area contributed by atoms with Crippen LogP contribution in [0.5, 0.6) is 0 Å². The van der Waals surface area contributed by atoms with Gasteiger partial charge in [0.25, 0.3) is 0 Å². The van der Waals surface area contributed by atoms with Gasteiger partial charge < -0.3 is 4.98 Å². The van der Waals surface area contributed by atoms with Crippen LogP contribution < -0.4 is 0 Å². The molecule has 2 rings (SSSR count). The lowest BCUT2D eigenvalue weighted by Crippen LogP contribution is -2.10. The number of aromatic amines is 1. The van der Waals surface area contributed by atoms with Crippen LogP contribution in [0.25, 0.3) is 10.9 Å². The van der Waals surface area contributed by atoms with Gasteiger partial charge in [-0.15, -0.1) is 0 Å². The van der Waals surface area contributed by atoms with E-state index in [1.165, 1.54) is 0 Å². The average Bonchev–Trinajstić information content (AvgIpc) is 2.56. The van der Waals surface area contributed by atoms with E-state index in [1.807, 2.05) is 13.8 Å². The van der Waals surface area contributed by atoms with Crippen molar-refractivity contribution in [2.24, 2.45) is 5.92 Å². The highest BCUT2D eigenvalue weighted by molar-refractivity contribution is 5.84. The van der Waals surface area contributed by atoms with Gasteiger partial charge in [0, 0.05) is 10.9 Å². The Morgan fingerprint density at radius 2 is 1.82 bits per heavy atom. The van der Waals surface area contributed by atoms with Crippen molar-refractivity contribution in [3.05, 3.63) is 35.5 Å². The van der Waals surface area contributed by atoms with Gasteiger partial charge in [-0.2, -0.15) is 13.2 Å². The minimum atomic E-state index is -4.32. The molecular weight excluding hydrogens is 227 g/mol. The molecule has 0 spiro atoms. The fraction of sp³-hybridized carbons (Fsp3) is 0.385. The second-order valence-corrected chi connectivity index (χ2v) is 4.62. The molecule has 4 heteroatoms. The summed E-state index contributed by atoms with van der Waals surface area (Å²) in [5.41, 5.74) is 0.325. The largest absolute Gasteiger partial charge is 0.431 e. The van der Waals surface area contributed by atoms with E-state index in [0.717, 1.165) is 0 Å². The lowest BCUT2D eigenvalue weighted by Gasteiger charge is -2.10. The maximum atomic E-state index is 12.9. The molecule has 0 radical (unpaired) electrons. The number of rotatable bonds is 2. The van der Waals surface area contributed by atoms with Crippen molar-refractivity contribution in [3.63, 3.8) is 0 Å². The first-order valence-electron chi connectivity index (χ1n) is 5.56. The third-order valence-corrected chi connectivity index (χ3v) is 2.71. The normalized spacial score (nSPS) is 12.6. The molecular formula is C13H14F3N. The molecule has 0 amide bonds. The van der Waals surface area contributed by atoms with Crippen molar-refractivity contribution < 1.29 is 13.2 Å². The Bertz CT molecular complexity index is 523. The molecule has 0 saturated carbocycles. The minimum Gasteiger partial charge on any atom is -0.351 e. The van der Waals surface area contributed by atoms with Crippen LogP contribution in [0.15, 0.2) is 24.3 Å². The fourth-order valence-corrected chi connectivity index (χ4v) is 2.06. The number of para-hydroxylation sites is 1. The van der Waals surface area contributed by atoms with Crippen molar-refractivity contribution in [3.8, 4) is 0 Å². The number of hydrogen-bond acceptors (Lipinski definition) is 0. The van der Waals surface area contributed by atoms with Gasteiger partial charge in [-0.3, -0.25) is 0 Å². The number of nitrogens with one attached hydrogen (secondary N) is 1. The Hall–Kier alpha value is -1.45. The predicted molar refractivity (Wildman–Crippen MR) is 61.8 cm³/mol. The van der Waals surface area contributed by atoms with Crippen molar-refractivity contribution in [2.45, 2.75) is 26.4 Å². The molecule has 0 bridgehead atoms. The summed E-state index contributed by atoms with van der Waals surface area (Å²) in [7, 11) is 0. The molecule has 2 aromatic rings. The predicted octanol–water partition coefficient (Wildman–Crippen LogP) is 4.39. The van der Waals surface area contributed by atoms with Gasteiger partial charge in [0.05, 0.1) is 0 Å². The summed E-state index contributed by atoms with van der Waals surface area (Å²) in [6.07, 6.45) is -3.89. The van der Waals surface area contributed by atoms with Crippen LogP contribution in [0.1, 0.15) is 25.1 Å². The first-order valence-corrected chi connectivity index (χ1v) is 5.56.